The molecule has 0 bridgehead atoms. The SMILES string of the molecule is CC1(C)c2ccccc2-c2ccc(N(c3cccc4c3oc3ccccc34)c3cccc4c3oc3c(-c5ccc6c(c5)C(c5ccccc5)(c5ccccc5)c5ccccc5-6)c5c(cc34)oc3ccccc35)cc21. The molecular formula is C70H45NO3. The van der Waals surface area contributed by atoms with E-state index in [9.17, 15) is 0 Å². The van der Waals surface area contributed by atoms with Crippen LogP contribution >= 0.6 is 0 Å². The zero-order chi connectivity index (χ0) is 48.9. The van der Waals surface area contributed by atoms with Crippen LogP contribution in [0.2, 0.25) is 0 Å². The third-order valence-electron chi connectivity index (χ3n) is 16.5. The predicted octanol–water partition coefficient (Wildman–Crippen LogP) is 19.2. The molecule has 0 N–H and O–H groups in total. The molecule has 0 spiro atoms. The van der Waals surface area contributed by atoms with E-state index in [4.69, 9.17) is 13.3 Å². The van der Waals surface area contributed by atoms with E-state index in [1.54, 1.807) is 0 Å². The third-order valence-corrected chi connectivity index (χ3v) is 16.5. The van der Waals surface area contributed by atoms with Crippen molar-refractivity contribution in [2.75, 3.05) is 4.90 Å². The molecule has 2 aliphatic carbocycles. The van der Waals surface area contributed by atoms with Gasteiger partial charge in [0.2, 0.25) is 0 Å². The fourth-order valence-electron chi connectivity index (χ4n) is 13.3. The first-order valence-electron chi connectivity index (χ1n) is 25.6. The molecule has 0 fully saturated rings. The summed E-state index contributed by atoms with van der Waals surface area (Å²) in [7, 11) is 0. The molecule has 0 amide bonds. The van der Waals surface area contributed by atoms with Gasteiger partial charge in [0.05, 0.1) is 16.8 Å². The Morgan fingerprint density at radius 2 is 0.878 bits per heavy atom. The van der Waals surface area contributed by atoms with Gasteiger partial charge in [-0.1, -0.05) is 202 Å². The zero-order valence-corrected chi connectivity index (χ0v) is 40.7. The molecule has 74 heavy (non-hydrogen) atoms. The van der Waals surface area contributed by atoms with Crippen LogP contribution in [0, 0.1) is 0 Å². The van der Waals surface area contributed by atoms with E-state index in [1.807, 2.05) is 12.1 Å². The highest BCUT2D eigenvalue weighted by molar-refractivity contribution is 6.25. The Balaban J connectivity index is 0.993. The van der Waals surface area contributed by atoms with Gasteiger partial charge in [-0.25, -0.2) is 0 Å². The summed E-state index contributed by atoms with van der Waals surface area (Å²) in [6, 6.07) is 85.8. The Hall–Kier alpha value is -9.38. The smallest absolute Gasteiger partial charge is 0.159 e. The minimum Gasteiger partial charge on any atom is -0.456 e. The van der Waals surface area contributed by atoms with Crippen LogP contribution in [0.15, 0.2) is 250 Å². The highest BCUT2D eigenvalue weighted by Gasteiger charge is 2.46. The summed E-state index contributed by atoms with van der Waals surface area (Å²) >= 11 is 0. The molecule has 3 aromatic heterocycles. The lowest BCUT2D eigenvalue weighted by molar-refractivity contribution is 0.660. The molecule has 0 aliphatic heterocycles. The summed E-state index contributed by atoms with van der Waals surface area (Å²) in [5.41, 5.74) is 21.6. The molecule has 14 aromatic rings. The van der Waals surface area contributed by atoms with Crippen molar-refractivity contribution in [3.05, 3.63) is 270 Å². The largest absolute Gasteiger partial charge is 0.456 e. The molecule has 0 saturated heterocycles. The number of rotatable bonds is 6. The topological polar surface area (TPSA) is 42.7 Å². The third kappa shape index (κ3) is 5.46. The number of anilines is 3. The Labute approximate surface area is 427 Å². The van der Waals surface area contributed by atoms with Crippen LogP contribution in [0.25, 0.3) is 99.2 Å². The average Bonchev–Trinajstić information content (AvgIpc) is 4.33. The summed E-state index contributed by atoms with van der Waals surface area (Å²) in [6.45, 7) is 4.68. The highest BCUT2D eigenvalue weighted by Crippen LogP contribution is 2.58. The van der Waals surface area contributed by atoms with Crippen LogP contribution in [-0.2, 0) is 10.8 Å². The molecule has 3 heterocycles. The first-order valence-corrected chi connectivity index (χ1v) is 25.6. The Bertz CT molecular complexity index is 4610. The van der Waals surface area contributed by atoms with Gasteiger partial charge < -0.3 is 18.2 Å². The van der Waals surface area contributed by atoms with E-state index < -0.39 is 5.41 Å². The van der Waals surface area contributed by atoms with Gasteiger partial charge in [-0.15, -0.1) is 0 Å². The van der Waals surface area contributed by atoms with Gasteiger partial charge in [-0.2, -0.15) is 0 Å². The van der Waals surface area contributed by atoms with E-state index in [0.29, 0.717) is 0 Å². The lowest BCUT2D eigenvalue weighted by Crippen LogP contribution is -2.28. The van der Waals surface area contributed by atoms with Gasteiger partial charge in [0.25, 0.3) is 0 Å². The Morgan fingerprint density at radius 3 is 1.61 bits per heavy atom. The molecule has 2 aliphatic rings. The van der Waals surface area contributed by atoms with Crippen molar-refractivity contribution < 1.29 is 13.3 Å². The molecule has 0 atom stereocenters. The maximum atomic E-state index is 7.66. The second-order valence-corrected chi connectivity index (χ2v) is 20.6. The predicted molar refractivity (Wildman–Crippen MR) is 303 cm³/mol. The van der Waals surface area contributed by atoms with Gasteiger partial charge in [0.15, 0.2) is 11.2 Å². The van der Waals surface area contributed by atoms with Gasteiger partial charge in [-0.05, 0) is 110 Å². The van der Waals surface area contributed by atoms with Crippen molar-refractivity contribution >= 4 is 82.9 Å². The zero-order valence-electron chi connectivity index (χ0n) is 40.7. The molecule has 0 unspecified atom stereocenters. The molecular weight excluding hydrogens is 903 g/mol. The molecule has 348 valence electrons. The number of benzene rings is 11. The molecule has 4 nitrogen and oxygen atoms in total. The second kappa shape index (κ2) is 15.1. The average molecular weight is 948 g/mol. The van der Waals surface area contributed by atoms with Crippen LogP contribution in [0.4, 0.5) is 17.1 Å². The minimum atomic E-state index is -0.582. The monoisotopic (exact) mass is 947 g/mol. The first kappa shape index (κ1) is 41.3. The lowest BCUT2D eigenvalue weighted by Gasteiger charge is -2.34. The Kier molecular flexibility index (Phi) is 8.41. The maximum absolute atomic E-state index is 7.66. The van der Waals surface area contributed by atoms with Crippen LogP contribution in [-0.4, -0.2) is 0 Å². The number of hydrogen-bond acceptors (Lipinski definition) is 4. The minimum absolute atomic E-state index is 0.216. The fourth-order valence-corrected chi connectivity index (χ4v) is 13.3. The van der Waals surface area contributed by atoms with E-state index in [-0.39, 0.29) is 5.41 Å². The standard InChI is InChI=1S/C70H45NO3/c1-69(2)55-29-13-9-23-46(55)48-38-36-45(40-57(48)69)71(59-31-17-27-51-50-25-11-15-33-61(50)73-66(51)59)60-32-18-28-52-54-41-63-65(53-26-12-16-34-62(53)72-63)64(68(54)74-67(52)60)42-35-37-49-47-24-10-14-30-56(47)70(58(49)39-42,43-19-5-3-6-20-43)44-21-7-4-8-22-44/h3-41H,1-2H3. The molecule has 0 radical (unpaired) electrons. The number of nitrogens with zero attached hydrogens (tertiary/aromatic N) is 1. The van der Waals surface area contributed by atoms with Crippen molar-refractivity contribution in [3.63, 3.8) is 0 Å². The Morgan fingerprint density at radius 1 is 0.338 bits per heavy atom. The van der Waals surface area contributed by atoms with Crippen molar-refractivity contribution in [1.82, 2.24) is 0 Å². The van der Waals surface area contributed by atoms with Gasteiger partial charge in [-0.3, -0.25) is 0 Å². The van der Waals surface area contributed by atoms with Crippen molar-refractivity contribution in [3.8, 4) is 33.4 Å². The molecule has 0 saturated carbocycles. The van der Waals surface area contributed by atoms with Crippen LogP contribution < -0.4 is 4.90 Å². The maximum Gasteiger partial charge on any atom is 0.159 e. The fraction of sp³-hybridized carbons (Fsp3) is 0.0571. The number of hydrogen-bond donors (Lipinski definition) is 0. The molecule has 16 rings (SSSR count). The summed E-state index contributed by atoms with van der Waals surface area (Å²) in [6.07, 6.45) is 0. The van der Waals surface area contributed by atoms with E-state index >= 15 is 0 Å². The number of furan rings is 3. The van der Waals surface area contributed by atoms with E-state index in [0.717, 1.165) is 94.0 Å². The highest BCUT2D eigenvalue weighted by atomic mass is 16.3. The normalized spacial score (nSPS) is 14.0. The number of fused-ring (bicyclic) bond motifs is 15. The first-order chi connectivity index (χ1) is 36.5. The number of para-hydroxylation sites is 4. The van der Waals surface area contributed by atoms with Gasteiger partial charge in [0, 0.05) is 49.0 Å². The van der Waals surface area contributed by atoms with Crippen LogP contribution in [0.1, 0.15) is 47.2 Å². The van der Waals surface area contributed by atoms with Crippen molar-refractivity contribution in [2.45, 2.75) is 24.7 Å². The van der Waals surface area contributed by atoms with Gasteiger partial charge in [0.1, 0.15) is 22.3 Å². The summed E-state index contributed by atoms with van der Waals surface area (Å²) in [5.74, 6) is 0. The molecule has 4 heteroatoms. The van der Waals surface area contributed by atoms with Crippen molar-refractivity contribution in [1.29, 1.82) is 0 Å². The van der Waals surface area contributed by atoms with Crippen LogP contribution in [0.5, 0.6) is 0 Å². The van der Waals surface area contributed by atoms with Gasteiger partial charge >= 0.3 is 0 Å². The van der Waals surface area contributed by atoms with E-state index in [2.05, 4.69) is 243 Å². The van der Waals surface area contributed by atoms with Crippen molar-refractivity contribution in [2.24, 2.45) is 0 Å². The second-order valence-electron chi connectivity index (χ2n) is 20.6. The summed E-state index contributed by atoms with van der Waals surface area (Å²) in [4.78, 5) is 2.36. The van der Waals surface area contributed by atoms with Crippen LogP contribution in [0.3, 0.4) is 0 Å². The molecule has 11 aromatic carbocycles. The summed E-state index contributed by atoms with van der Waals surface area (Å²) in [5, 5.41) is 6.19. The summed E-state index contributed by atoms with van der Waals surface area (Å²) < 4.78 is 21.4. The quantitative estimate of drug-likeness (QED) is 0.167. The lowest BCUT2D eigenvalue weighted by atomic mass is 9.67. The van der Waals surface area contributed by atoms with E-state index in [1.165, 1.54) is 55.6 Å².